The Morgan fingerprint density at radius 2 is 0.921 bits per heavy atom. The molecule has 0 fully saturated rings. The number of hydrogen-bond acceptors (Lipinski definition) is 10. The molecule has 0 radical (unpaired) electrons. The smallest absolute Gasteiger partial charge is 0.408 e. The maximum Gasteiger partial charge on any atom is 0.497 e. The predicted molar refractivity (Wildman–Crippen MR) is 142 cm³/mol. The lowest BCUT2D eigenvalue weighted by Crippen LogP contribution is -2.04. The highest BCUT2D eigenvalue weighted by atomic mass is 32.7. The molecule has 200 valence electrons. The minimum absolute atomic E-state index is 0.0801. The van der Waals surface area contributed by atoms with Crippen molar-refractivity contribution in [2.24, 2.45) is 0 Å². The van der Waals surface area contributed by atoms with Gasteiger partial charge >= 0.3 is 6.80 Å². The minimum Gasteiger partial charge on any atom is -0.408 e. The summed E-state index contributed by atoms with van der Waals surface area (Å²) in [5, 5.41) is 34.0. The molecule has 0 saturated carbocycles. The van der Waals surface area contributed by atoms with E-state index in [1.165, 1.54) is 50.2 Å². The maximum atomic E-state index is 14.3. The zero-order valence-electron chi connectivity index (χ0n) is 21.3. The zero-order valence-corrected chi connectivity index (χ0v) is 23.0. The van der Waals surface area contributed by atoms with Crippen molar-refractivity contribution >= 4 is 35.2 Å². The van der Waals surface area contributed by atoms with Gasteiger partial charge < -0.3 is 9.05 Å². The third-order valence-electron chi connectivity index (χ3n) is 6.35. The van der Waals surface area contributed by atoms with Crippen molar-refractivity contribution in [1.29, 1.82) is 0 Å². The summed E-state index contributed by atoms with van der Waals surface area (Å²) in [5.74, 6) is 0.160. The van der Waals surface area contributed by atoms with Gasteiger partial charge in [0.15, 0.2) is 0 Å². The monoisotopic (exact) mass is 561 g/mol. The van der Waals surface area contributed by atoms with Crippen LogP contribution >= 0.6 is 18.2 Å². The van der Waals surface area contributed by atoms with Crippen LogP contribution in [0.4, 0.5) is 17.1 Å². The van der Waals surface area contributed by atoms with E-state index in [2.05, 4.69) is 0 Å². The van der Waals surface area contributed by atoms with E-state index < -0.39 is 21.6 Å². The van der Waals surface area contributed by atoms with Crippen LogP contribution in [-0.2, 0) is 4.57 Å². The topological polar surface area (TPSA) is 165 Å². The molecule has 0 aliphatic rings. The van der Waals surface area contributed by atoms with Crippen molar-refractivity contribution in [3.8, 4) is 11.5 Å². The maximum absolute atomic E-state index is 14.3. The average Bonchev–Trinajstić information content (AvgIpc) is 2.82. The Morgan fingerprint density at radius 3 is 1.29 bits per heavy atom. The molecule has 12 nitrogen and oxygen atoms in total. The summed E-state index contributed by atoms with van der Waals surface area (Å²) in [6.07, 6.45) is 0. The van der Waals surface area contributed by atoms with Crippen LogP contribution in [0, 0.1) is 71.9 Å². The van der Waals surface area contributed by atoms with E-state index in [0.29, 0.717) is 49.7 Å². The molecule has 0 amide bonds. The number of benzene rings is 3. The van der Waals surface area contributed by atoms with Crippen LogP contribution in [0.1, 0.15) is 33.4 Å². The molecule has 0 heterocycles. The van der Waals surface area contributed by atoms with E-state index in [-0.39, 0.29) is 28.6 Å². The SMILES string of the molecule is Cc1c(OP(=O)(Oc2ccc([N+](=O)[O-])c(C)c2C)Sc2ccc([N+](=O)[O-])c(C)c2C)ccc([N+](=O)[O-])c1C. The van der Waals surface area contributed by atoms with Gasteiger partial charge in [-0.25, -0.2) is 4.57 Å². The molecule has 0 N–H and O–H groups in total. The summed E-state index contributed by atoms with van der Waals surface area (Å²) in [6.45, 7) is 5.20. The number of nitrogens with zero attached hydrogens (tertiary/aromatic N) is 3. The van der Waals surface area contributed by atoms with Gasteiger partial charge in [0, 0.05) is 62.3 Å². The fraction of sp³-hybridized carbons (Fsp3) is 0.250. The van der Waals surface area contributed by atoms with Gasteiger partial charge in [-0.2, -0.15) is 0 Å². The van der Waals surface area contributed by atoms with Crippen molar-refractivity contribution < 1.29 is 28.4 Å². The average molecular weight is 562 g/mol. The van der Waals surface area contributed by atoms with Gasteiger partial charge in [0.2, 0.25) is 0 Å². The van der Waals surface area contributed by atoms with Gasteiger partial charge in [-0.1, -0.05) is 0 Å². The number of nitro groups is 3. The van der Waals surface area contributed by atoms with Gasteiger partial charge in [-0.3, -0.25) is 30.3 Å². The molecule has 0 unspecified atom stereocenters. The molecule has 0 saturated heterocycles. The molecule has 3 aromatic rings. The molecule has 3 aromatic carbocycles. The van der Waals surface area contributed by atoms with Gasteiger partial charge in [-0.05, 0) is 65.3 Å². The fourth-order valence-electron chi connectivity index (χ4n) is 3.65. The van der Waals surface area contributed by atoms with Gasteiger partial charge in [0.05, 0.1) is 14.8 Å². The fourth-order valence-corrected chi connectivity index (χ4v) is 7.32. The Hall–Kier alpha value is -3.96. The predicted octanol–water partition coefficient (Wildman–Crippen LogP) is 7.62. The van der Waals surface area contributed by atoms with E-state index in [9.17, 15) is 34.9 Å². The molecule has 38 heavy (non-hydrogen) atoms. The first kappa shape index (κ1) is 28.6. The first-order valence-corrected chi connectivity index (χ1v) is 14.1. The summed E-state index contributed by atoms with van der Waals surface area (Å²) >= 11 is 0.713. The molecule has 14 heteroatoms. The second kappa shape index (κ2) is 10.8. The summed E-state index contributed by atoms with van der Waals surface area (Å²) in [7, 11) is 0. The lowest BCUT2D eigenvalue weighted by molar-refractivity contribution is -0.385. The van der Waals surface area contributed by atoms with Crippen molar-refractivity contribution in [3.05, 3.63) is 100 Å². The molecule has 3 rings (SSSR count). The van der Waals surface area contributed by atoms with Crippen LogP contribution in [-0.4, -0.2) is 14.8 Å². The number of nitro benzene ring substituents is 3. The van der Waals surface area contributed by atoms with Gasteiger partial charge in [0.1, 0.15) is 11.5 Å². The molecule has 0 aliphatic carbocycles. The largest absolute Gasteiger partial charge is 0.497 e. The lowest BCUT2D eigenvalue weighted by Gasteiger charge is -2.22. The molecule has 0 spiro atoms. The van der Waals surface area contributed by atoms with Gasteiger partial charge in [-0.15, -0.1) is 0 Å². The number of rotatable bonds is 9. The van der Waals surface area contributed by atoms with E-state index in [1.807, 2.05) is 0 Å². The quantitative estimate of drug-likeness (QED) is 0.144. The lowest BCUT2D eigenvalue weighted by atomic mass is 10.1. The first-order valence-electron chi connectivity index (χ1n) is 11.1. The van der Waals surface area contributed by atoms with Crippen LogP contribution in [0.5, 0.6) is 11.5 Å². The molecule has 0 bridgehead atoms. The Kier molecular flexibility index (Phi) is 8.13. The van der Waals surface area contributed by atoms with E-state index in [4.69, 9.17) is 9.05 Å². The highest BCUT2D eigenvalue weighted by Gasteiger charge is 2.35. The Labute approximate surface area is 221 Å². The summed E-state index contributed by atoms with van der Waals surface area (Å²) in [4.78, 5) is 32.8. The molecule has 0 aliphatic heterocycles. The highest BCUT2D eigenvalue weighted by molar-refractivity contribution is 8.55. The summed E-state index contributed by atoms with van der Waals surface area (Å²) in [5.41, 5.74) is 1.85. The van der Waals surface area contributed by atoms with Crippen LogP contribution < -0.4 is 9.05 Å². The molecular formula is C24H24N3O9PS. The van der Waals surface area contributed by atoms with Crippen molar-refractivity contribution in [3.63, 3.8) is 0 Å². The Bertz CT molecular complexity index is 1360. The molecule has 0 aromatic heterocycles. The first-order chi connectivity index (χ1) is 17.7. The standard InChI is InChI=1S/C24H24N3O9PS/c1-13-16(4)22(10-7-19(13)25(28)29)35-37(34,36-23-11-8-20(26(30)31)14(2)17(23)5)38-24-12-9-21(27(32)33)15(3)18(24)6/h7-12H,1-6H3. The van der Waals surface area contributed by atoms with Crippen molar-refractivity contribution in [2.45, 2.75) is 46.4 Å². The van der Waals surface area contributed by atoms with Crippen LogP contribution in [0.2, 0.25) is 0 Å². The Morgan fingerprint density at radius 1 is 0.579 bits per heavy atom. The zero-order chi connectivity index (χ0) is 28.5. The van der Waals surface area contributed by atoms with Crippen LogP contribution in [0.15, 0.2) is 41.3 Å². The van der Waals surface area contributed by atoms with Crippen LogP contribution in [0.3, 0.4) is 0 Å². The van der Waals surface area contributed by atoms with E-state index >= 15 is 0 Å². The summed E-state index contributed by atoms with van der Waals surface area (Å²) < 4.78 is 26.1. The minimum atomic E-state index is -4.23. The van der Waals surface area contributed by atoms with Gasteiger partial charge in [0.25, 0.3) is 17.1 Å². The molecule has 0 atom stereocenters. The van der Waals surface area contributed by atoms with E-state index in [1.54, 1.807) is 27.7 Å². The second-order valence-corrected chi connectivity index (χ2v) is 12.3. The second-order valence-electron chi connectivity index (χ2n) is 8.49. The van der Waals surface area contributed by atoms with E-state index in [0.717, 1.165) is 0 Å². The third-order valence-corrected chi connectivity index (χ3v) is 9.76. The number of hydrogen-bond donors (Lipinski definition) is 0. The van der Waals surface area contributed by atoms with Crippen molar-refractivity contribution in [1.82, 2.24) is 0 Å². The molecular weight excluding hydrogens is 537 g/mol. The third kappa shape index (κ3) is 5.63. The van der Waals surface area contributed by atoms with Crippen LogP contribution in [0.25, 0.3) is 0 Å². The normalized spacial score (nSPS) is 11.2. The summed E-state index contributed by atoms with van der Waals surface area (Å²) in [6, 6.07) is 7.83. The van der Waals surface area contributed by atoms with Crippen molar-refractivity contribution in [2.75, 3.05) is 0 Å². The Balaban J connectivity index is 2.13. The highest BCUT2D eigenvalue weighted by Crippen LogP contribution is 2.64.